The molecule has 0 aliphatic heterocycles. The average Bonchev–Trinajstić information content (AvgIpc) is 3.23. The van der Waals surface area contributed by atoms with Gasteiger partial charge in [0.15, 0.2) is 0 Å². The van der Waals surface area contributed by atoms with Crippen LogP contribution < -0.4 is 10.2 Å². The summed E-state index contributed by atoms with van der Waals surface area (Å²) in [5.74, 6) is -2.72. The van der Waals surface area contributed by atoms with Crippen molar-refractivity contribution in [2.24, 2.45) is 0 Å². The molecule has 0 aromatic heterocycles. The molecule has 0 amide bonds. The third-order valence-electron chi connectivity index (χ3n) is 11.0. The van der Waals surface area contributed by atoms with Crippen LogP contribution >= 0.6 is 0 Å². The van der Waals surface area contributed by atoms with Crippen LogP contribution in [0.5, 0.6) is 0 Å². The Bertz CT molecular complexity index is 1110. The van der Waals surface area contributed by atoms with Gasteiger partial charge in [0.1, 0.15) is 0 Å². The van der Waals surface area contributed by atoms with Gasteiger partial charge in [0.05, 0.1) is 49.6 Å². The first-order valence-electron chi connectivity index (χ1n) is 23.4. The molecule has 2 aromatic rings. The summed E-state index contributed by atoms with van der Waals surface area (Å²) in [7, 11) is 0. The van der Waals surface area contributed by atoms with Gasteiger partial charge in [-0.15, -0.1) is 0 Å². The number of unbranched alkanes of at least 4 members (excludes halogenated alkanes) is 18. The molecule has 2 rings (SSSR count). The van der Waals surface area contributed by atoms with E-state index in [1.165, 1.54) is 114 Å². The number of rotatable bonds is 38. The Morgan fingerprint density at radius 1 is 0.441 bits per heavy atom. The van der Waals surface area contributed by atoms with Gasteiger partial charge in [0.25, 0.3) is 0 Å². The Kier molecular flexibility index (Phi) is 41.2. The van der Waals surface area contributed by atoms with Crippen molar-refractivity contribution >= 4 is 60.8 Å². The molecule has 59 heavy (non-hydrogen) atoms. The topological polar surface area (TPSA) is 139 Å². The average molecular weight is 949 g/mol. The second-order valence-corrected chi connectivity index (χ2v) is 16.3. The fourth-order valence-corrected chi connectivity index (χ4v) is 7.22. The van der Waals surface area contributed by atoms with Crippen LogP contribution in [0.4, 0.5) is 0 Å². The maximum atomic E-state index is 10.4. The molecule has 9 heteroatoms. The van der Waals surface area contributed by atoms with E-state index in [1.807, 2.05) is 12.1 Å². The zero-order chi connectivity index (χ0) is 42.3. The Hall–Kier alpha value is -1.21. The minimum atomic E-state index is -1.36. The van der Waals surface area contributed by atoms with Gasteiger partial charge in [0, 0.05) is 0 Å². The molecular weight excluding hydrogens is 866 g/mol. The van der Waals surface area contributed by atoms with Crippen LogP contribution in [-0.2, 0) is 32.3 Å². The van der Waals surface area contributed by atoms with Gasteiger partial charge in [0.2, 0.25) is 0 Å². The standard InChI is InChI=1S/2C25H42O4.Ba/c2*1-2-3-4-13-18-23(29-21-22-16-11-10-12-17-22)19-14-8-6-5-7-9-15-20-24(26)25(27)28;/h2*10-12,16-17,23-24,26H,2-9,13-15,18-21H2,1H3,(H,27,28);/q;;+2/p-2. The molecule has 0 heterocycles. The molecule has 0 aliphatic carbocycles. The molecule has 0 fully saturated rings. The SMILES string of the molecule is CCCCCCC(CCCCCCCCCC(O)C(=O)[O-])OCc1ccccc1.CCCCCCC(CCCCCCCCCC(O)C(=O)[O-])OCc1ccccc1.[Ba+2]. The predicted octanol–water partition coefficient (Wildman–Crippen LogP) is 9.95. The number of carbonyl (C=O) groups excluding carboxylic acids is 2. The van der Waals surface area contributed by atoms with Gasteiger partial charge in [-0.25, -0.2) is 0 Å². The Labute approximate surface area is 400 Å². The van der Waals surface area contributed by atoms with Crippen LogP contribution in [0.15, 0.2) is 60.7 Å². The zero-order valence-corrected chi connectivity index (χ0v) is 41.8. The van der Waals surface area contributed by atoms with Crippen molar-refractivity contribution in [3.63, 3.8) is 0 Å². The Morgan fingerprint density at radius 2 is 0.695 bits per heavy atom. The van der Waals surface area contributed by atoms with Crippen LogP contribution in [0.25, 0.3) is 0 Å². The van der Waals surface area contributed by atoms with Crippen molar-refractivity contribution in [3.8, 4) is 0 Å². The van der Waals surface area contributed by atoms with Gasteiger partial charge in [-0.3, -0.25) is 0 Å². The fraction of sp³-hybridized carbons (Fsp3) is 0.720. The monoisotopic (exact) mass is 949 g/mol. The van der Waals surface area contributed by atoms with Crippen molar-refractivity contribution in [1.29, 1.82) is 0 Å². The summed E-state index contributed by atoms with van der Waals surface area (Å²) in [6.45, 7) is 5.90. The number of aliphatic hydroxyl groups is 2. The van der Waals surface area contributed by atoms with Gasteiger partial charge in [-0.05, 0) is 49.7 Å². The van der Waals surface area contributed by atoms with E-state index in [1.54, 1.807) is 0 Å². The van der Waals surface area contributed by atoms with Gasteiger partial charge >= 0.3 is 48.9 Å². The van der Waals surface area contributed by atoms with Crippen molar-refractivity contribution in [2.75, 3.05) is 0 Å². The molecular formula is C50H82BaO8. The van der Waals surface area contributed by atoms with Gasteiger partial charge in [-0.1, -0.05) is 216 Å². The summed E-state index contributed by atoms with van der Waals surface area (Å²) in [4.78, 5) is 20.9. The van der Waals surface area contributed by atoms with Crippen molar-refractivity contribution in [2.45, 2.75) is 231 Å². The number of carbonyl (C=O) groups is 2. The second kappa shape index (κ2) is 42.1. The summed E-state index contributed by atoms with van der Waals surface area (Å²) in [6, 6.07) is 20.8. The van der Waals surface area contributed by atoms with E-state index in [9.17, 15) is 30.0 Å². The first-order valence-corrected chi connectivity index (χ1v) is 23.4. The molecule has 8 nitrogen and oxygen atoms in total. The minimum absolute atomic E-state index is 0. The van der Waals surface area contributed by atoms with Crippen molar-refractivity contribution < 1.29 is 39.5 Å². The van der Waals surface area contributed by atoms with E-state index < -0.39 is 24.1 Å². The number of aliphatic carboxylic acids is 2. The normalized spacial score (nSPS) is 13.1. The quantitative estimate of drug-likeness (QED) is 0.0501. The smallest absolute Gasteiger partial charge is 0.547 e. The van der Waals surface area contributed by atoms with Crippen molar-refractivity contribution in [1.82, 2.24) is 0 Å². The largest absolute Gasteiger partial charge is 2.00 e. The molecule has 0 radical (unpaired) electrons. The number of carboxylic acid groups (broad SMARTS) is 2. The first kappa shape index (κ1) is 57.8. The third-order valence-corrected chi connectivity index (χ3v) is 11.0. The van der Waals surface area contributed by atoms with Gasteiger partial charge in [-0.2, -0.15) is 0 Å². The summed E-state index contributed by atoms with van der Waals surface area (Å²) in [5, 5.41) is 39.3. The fourth-order valence-electron chi connectivity index (χ4n) is 7.22. The number of ether oxygens (including phenoxy) is 2. The Morgan fingerprint density at radius 3 is 0.966 bits per heavy atom. The van der Waals surface area contributed by atoms with Crippen molar-refractivity contribution in [3.05, 3.63) is 71.8 Å². The van der Waals surface area contributed by atoms with E-state index in [0.717, 1.165) is 64.2 Å². The third kappa shape index (κ3) is 36.0. The van der Waals surface area contributed by atoms with E-state index in [0.29, 0.717) is 38.3 Å². The molecule has 0 spiro atoms. The van der Waals surface area contributed by atoms with E-state index in [4.69, 9.17) is 9.47 Å². The molecule has 4 atom stereocenters. The Balaban J connectivity index is 0.00000112. The number of aliphatic hydroxyl groups excluding tert-OH is 2. The predicted molar refractivity (Wildman–Crippen MR) is 238 cm³/mol. The molecule has 2 aromatic carbocycles. The van der Waals surface area contributed by atoms with Crippen LogP contribution in [0.2, 0.25) is 0 Å². The van der Waals surface area contributed by atoms with E-state index >= 15 is 0 Å². The summed E-state index contributed by atoms with van der Waals surface area (Å²) in [5.41, 5.74) is 2.49. The number of carboxylic acids is 2. The number of benzene rings is 2. The van der Waals surface area contributed by atoms with E-state index in [-0.39, 0.29) is 48.9 Å². The number of hydrogen-bond acceptors (Lipinski definition) is 8. The molecule has 0 saturated carbocycles. The van der Waals surface area contributed by atoms with Crippen LogP contribution in [-0.4, -0.2) is 95.4 Å². The molecule has 4 unspecified atom stereocenters. The van der Waals surface area contributed by atoms with Crippen LogP contribution in [0.3, 0.4) is 0 Å². The van der Waals surface area contributed by atoms with Crippen LogP contribution in [0, 0.1) is 0 Å². The maximum absolute atomic E-state index is 10.4. The van der Waals surface area contributed by atoms with Gasteiger partial charge < -0.3 is 39.5 Å². The number of hydrogen-bond donors (Lipinski definition) is 2. The molecule has 0 bridgehead atoms. The minimum Gasteiger partial charge on any atom is -0.547 e. The molecule has 0 saturated heterocycles. The van der Waals surface area contributed by atoms with Crippen LogP contribution in [0.1, 0.15) is 205 Å². The molecule has 332 valence electrons. The second-order valence-electron chi connectivity index (χ2n) is 16.3. The first-order chi connectivity index (χ1) is 28.3. The summed E-state index contributed by atoms with van der Waals surface area (Å²) in [6.07, 6.45) is 28.9. The summed E-state index contributed by atoms with van der Waals surface area (Å²) >= 11 is 0. The maximum Gasteiger partial charge on any atom is 2.00 e. The zero-order valence-electron chi connectivity index (χ0n) is 37.3. The van der Waals surface area contributed by atoms with E-state index in [2.05, 4.69) is 62.4 Å². The summed E-state index contributed by atoms with van der Waals surface area (Å²) < 4.78 is 12.5. The molecule has 0 aliphatic rings. The molecule has 2 N–H and O–H groups in total.